The van der Waals surface area contributed by atoms with E-state index in [1.807, 2.05) is 30.3 Å². The second-order valence-corrected chi connectivity index (χ2v) is 7.88. The fourth-order valence-electron chi connectivity index (χ4n) is 3.26. The summed E-state index contributed by atoms with van der Waals surface area (Å²) in [5.41, 5.74) is 5.06. The van der Waals surface area contributed by atoms with Crippen molar-refractivity contribution < 1.29 is 23.7 Å². The van der Waals surface area contributed by atoms with Crippen LogP contribution < -0.4 is 20.2 Å². The normalized spacial score (nSPS) is 13.9. The molecular weight excluding hydrogens is 456 g/mol. The van der Waals surface area contributed by atoms with Crippen LogP contribution in [0.5, 0.6) is 11.5 Å². The molecule has 1 aliphatic heterocycles. The molecule has 0 aliphatic carbocycles. The maximum Gasteiger partial charge on any atom is 0.337 e. The quantitative estimate of drug-likeness (QED) is 0.227. The molecule has 1 fully saturated rings. The smallest absolute Gasteiger partial charge is 0.337 e. The van der Waals surface area contributed by atoms with Crippen molar-refractivity contribution in [1.82, 2.24) is 15.6 Å². The molecule has 2 aromatic rings. The van der Waals surface area contributed by atoms with Crippen molar-refractivity contribution in [3.63, 3.8) is 0 Å². The molecule has 9 nitrogen and oxygen atoms in total. The first-order valence-electron chi connectivity index (χ1n) is 10.9. The lowest BCUT2D eigenvalue weighted by molar-refractivity contribution is 0.0389. The van der Waals surface area contributed by atoms with Gasteiger partial charge in [-0.05, 0) is 53.7 Å². The van der Waals surface area contributed by atoms with Gasteiger partial charge in [0.25, 0.3) is 0 Å². The van der Waals surface area contributed by atoms with Crippen molar-refractivity contribution in [3.05, 3.63) is 59.2 Å². The summed E-state index contributed by atoms with van der Waals surface area (Å²) in [4.78, 5) is 13.9. The van der Waals surface area contributed by atoms with E-state index < -0.39 is 0 Å². The number of nitrogens with zero attached hydrogens (tertiary/aromatic N) is 2. The van der Waals surface area contributed by atoms with Gasteiger partial charge < -0.3 is 24.3 Å². The van der Waals surface area contributed by atoms with Gasteiger partial charge in [0.15, 0.2) is 16.6 Å². The Hall–Kier alpha value is -3.21. The zero-order valence-corrected chi connectivity index (χ0v) is 20.2. The van der Waals surface area contributed by atoms with Crippen LogP contribution in [0, 0.1) is 0 Å². The van der Waals surface area contributed by atoms with E-state index in [0.29, 0.717) is 28.8 Å². The van der Waals surface area contributed by atoms with E-state index in [-0.39, 0.29) is 5.97 Å². The highest BCUT2D eigenvalue weighted by molar-refractivity contribution is 7.80. The van der Waals surface area contributed by atoms with Gasteiger partial charge in [-0.2, -0.15) is 5.10 Å². The third-order valence-corrected chi connectivity index (χ3v) is 5.39. The standard InChI is InChI=1S/C24H30N4O5S/c1-30-22-15-19(16-26-27-24(34)25-9-10-28-11-13-32-14-12-28)5-8-21(22)33-17-18-3-6-20(7-4-18)23(29)31-2/h3-8,15-16H,9-14,17H2,1-2H3,(H2,25,27,34)/b26-16+. The average molecular weight is 487 g/mol. The molecule has 1 saturated heterocycles. The maximum atomic E-state index is 11.5. The molecular formula is C24H30N4O5S. The minimum Gasteiger partial charge on any atom is -0.493 e. The lowest BCUT2D eigenvalue weighted by atomic mass is 10.1. The topological polar surface area (TPSA) is 93.7 Å². The number of carbonyl (C=O) groups excluding carboxylic acids is 1. The molecule has 0 amide bonds. The summed E-state index contributed by atoms with van der Waals surface area (Å²) in [6.45, 7) is 5.44. The Bertz CT molecular complexity index is 978. The Kier molecular flexibility index (Phi) is 10.1. The summed E-state index contributed by atoms with van der Waals surface area (Å²) >= 11 is 5.27. The summed E-state index contributed by atoms with van der Waals surface area (Å²) in [6, 6.07) is 12.6. The van der Waals surface area contributed by atoms with Gasteiger partial charge in [0.1, 0.15) is 6.61 Å². The first kappa shape index (κ1) is 25.4. The van der Waals surface area contributed by atoms with Crippen LogP contribution in [0.15, 0.2) is 47.6 Å². The number of methoxy groups -OCH3 is 2. The zero-order valence-electron chi connectivity index (χ0n) is 19.4. The number of morpholine rings is 1. The minimum atomic E-state index is -0.370. The van der Waals surface area contributed by atoms with Crippen LogP contribution in [0.25, 0.3) is 0 Å². The van der Waals surface area contributed by atoms with Crippen molar-refractivity contribution in [1.29, 1.82) is 0 Å². The Labute approximate surface area is 205 Å². The summed E-state index contributed by atoms with van der Waals surface area (Å²) in [5.74, 6) is 0.816. The highest BCUT2D eigenvalue weighted by atomic mass is 32.1. The Morgan fingerprint density at radius 3 is 2.62 bits per heavy atom. The molecule has 3 rings (SSSR count). The average Bonchev–Trinajstić information content (AvgIpc) is 2.88. The van der Waals surface area contributed by atoms with Gasteiger partial charge in [-0.15, -0.1) is 0 Å². The third-order valence-electron chi connectivity index (χ3n) is 5.15. The molecule has 0 saturated carbocycles. The Balaban J connectivity index is 1.45. The molecule has 2 N–H and O–H groups in total. The lowest BCUT2D eigenvalue weighted by Gasteiger charge is -2.26. The van der Waals surface area contributed by atoms with Crippen LogP contribution >= 0.6 is 12.2 Å². The van der Waals surface area contributed by atoms with E-state index >= 15 is 0 Å². The van der Waals surface area contributed by atoms with Crippen molar-refractivity contribution in [2.75, 3.05) is 53.6 Å². The number of hydrogen-bond acceptors (Lipinski definition) is 8. The van der Waals surface area contributed by atoms with E-state index in [1.54, 1.807) is 25.5 Å². The fraction of sp³-hybridized carbons (Fsp3) is 0.375. The second-order valence-electron chi connectivity index (χ2n) is 7.47. The summed E-state index contributed by atoms with van der Waals surface area (Å²) in [5, 5.41) is 7.80. The van der Waals surface area contributed by atoms with Crippen LogP contribution in [0.2, 0.25) is 0 Å². The van der Waals surface area contributed by atoms with Crippen LogP contribution in [0.3, 0.4) is 0 Å². The highest BCUT2D eigenvalue weighted by Crippen LogP contribution is 2.28. The van der Waals surface area contributed by atoms with E-state index in [0.717, 1.165) is 50.5 Å². The van der Waals surface area contributed by atoms with Crippen LogP contribution in [-0.4, -0.2) is 75.8 Å². The number of esters is 1. The molecule has 1 aliphatic rings. The molecule has 10 heteroatoms. The number of ether oxygens (including phenoxy) is 4. The van der Waals surface area contributed by atoms with Crippen molar-refractivity contribution >= 4 is 29.5 Å². The molecule has 0 spiro atoms. The van der Waals surface area contributed by atoms with Crippen molar-refractivity contribution in [3.8, 4) is 11.5 Å². The van der Waals surface area contributed by atoms with E-state index in [9.17, 15) is 4.79 Å². The summed E-state index contributed by atoms with van der Waals surface area (Å²) in [7, 11) is 2.94. The fourth-order valence-corrected chi connectivity index (χ4v) is 3.41. The van der Waals surface area contributed by atoms with Crippen LogP contribution in [0.4, 0.5) is 0 Å². The van der Waals surface area contributed by atoms with E-state index in [1.165, 1.54) is 7.11 Å². The van der Waals surface area contributed by atoms with E-state index in [2.05, 4.69) is 20.7 Å². The van der Waals surface area contributed by atoms with Gasteiger partial charge in [-0.3, -0.25) is 10.3 Å². The number of carbonyl (C=O) groups is 1. The molecule has 0 aromatic heterocycles. The van der Waals surface area contributed by atoms with Gasteiger partial charge in [0.2, 0.25) is 0 Å². The minimum absolute atomic E-state index is 0.331. The molecule has 0 radical (unpaired) electrons. The monoisotopic (exact) mass is 486 g/mol. The maximum absolute atomic E-state index is 11.5. The SMILES string of the molecule is COC(=O)c1ccc(COc2ccc(/C=N/NC(=S)NCCN3CCOCC3)cc2OC)cc1. The van der Waals surface area contributed by atoms with Crippen LogP contribution in [-0.2, 0) is 16.1 Å². The number of hydrazone groups is 1. The molecule has 34 heavy (non-hydrogen) atoms. The largest absolute Gasteiger partial charge is 0.493 e. The van der Waals surface area contributed by atoms with Gasteiger partial charge in [0.05, 0.1) is 39.2 Å². The second kappa shape index (κ2) is 13.5. The first-order valence-corrected chi connectivity index (χ1v) is 11.3. The Morgan fingerprint density at radius 2 is 1.91 bits per heavy atom. The molecule has 182 valence electrons. The van der Waals surface area contributed by atoms with Crippen molar-refractivity contribution in [2.45, 2.75) is 6.61 Å². The van der Waals surface area contributed by atoms with Gasteiger partial charge in [-0.25, -0.2) is 4.79 Å². The number of nitrogens with one attached hydrogen (secondary N) is 2. The van der Waals surface area contributed by atoms with Crippen molar-refractivity contribution in [2.24, 2.45) is 5.10 Å². The summed E-state index contributed by atoms with van der Waals surface area (Å²) < 4.78 is 21.4. The zero-order chi connectivity index (χ0) is 24.2. The number of thiocarbonyl (C=S) groups is 1. The number of rotatable bonds is 10. The Morgan fingerprint density at radius 1 is 1.15 bits per heavy atom. The van der Waals surface area contributed by atoms with Gasteiger partial charge in [-0.1, -0.05) is 12.1 Å². The third kappa shape index (κ3) is 7.98. The van der Waals surface area contributed by atoms with Gasteiger partial charge in [0, 0.05) is 26.2 Å². The highest BCUT2D eigenvalue weighted by Gasteiger charge is 2.10. The van der Waals surface area contributed by atoms with Crippen LogP contribution in [0.1, 0.15) is 21.5 Å². The van der Waals surface area contributed by atoms with E-state index in [4.69, 9.17) is 31.2 Å². The lowest BCUT2D eigenvalue weighted by Crippen LogP contribution is -2.42. The van der Waals surface area contributed by atoms with Gasteiger partial charge >= 0.3 is 5.97 Å². The predicted octanol–water partition coefficient (Wildman–Crippen LogP) is 2.19. The molecule has 2 aromatic carbocycles. The molecule has 0 unspecified atom stereocenters. The molecule has 0 atom stereocenters. The summed E-state index contributed by atoms with van der Waals surface area (Å²) in [6.07, 6.45) is 1.66. The predicted molar refractivity (Wildman–Crippen MR) is 134 cm³/mol. The number of benzene rings is 2. The molecule has 1 heterocycles. The first-order chi connectivity index (χ1) is 16.6. The number of hydrogen-bond donors (Lipinski definition) is 2. The molecule has 0 bridgehead atoms.